The third-order valence-electron chi connectivity index (χ3n) is 4.55. The Bertz CT molecular complexity index is 1220. The first-order valence-electron chi connectivity index (χ1n) is 8.96. The van der Waals surface area contributed by atoms with Crippen LogP contribution in [0, 0.1) is 0 Å². The number of nitrogens with zero attached hydrogens (tertiary/aromatic N) is 3. The van der Waals surface area contributed by atoms with Gasteiger partial charge < -0.3 is 10.1 Å². The van der Waals surface area contributed by atoms with Crippen LogP contribution in [0.15, 0.2) is 65.5 Å². The van der Waals surface area contributed by atoms with Gasteiger partial charge >= 0.3 is 0 Å². The van der Waals surface area contributed by atoms with Crippen molar-refractivity contribution in [3.05, 3.63) is 71.0 Å². The fourth-order valence-corrected chi connectivity index (χ4v) is 3.86. The van der Waals surface area contributed by atoms with Crippen LogP contribution >= 0.6 is 11.3 Å². The number of anilines is 1. The molecule has 1 N–H and O–H groups in total. The van der Waals surface area contributed by atoms with Crippen molar-refractivity contribution < 1.29 is 9.53 Å². The van der Waals surface area contributed by atoms with Crippen LogP contribution < -0.4 is 15.6 Å². The fraction of sp³-hybridized carbons (Fsp3) is 0.143. The summed E-state index contributed by atoms with van der Waals surface area (Å²) in [7, 11) is 1.57. The molecule has 8 heteroatoms. The second-order valence-corrected chi connectivity index (χ2v) is 7.46. The second-order valence-electron chi connectivity index (χ2n) is 6.43. The lowest BCUT2D eigenvalue weighted by atomic mass is 10.2. The molecule has 1 atom stereocenters. The van der Waals surface area contributed by atoms with Gasteiger partial charge in [0.2, 0.25) is 5.91 Å². The highest BCUT2D eigenvalue weighted by Gasteiger charge is 2.20. The smallest absolute Gasteiger partial charge is 0.279 e. The maximum Gasteiger partial charge on any atom is 0.279 e. The van der Waals surface area contributed by atoms with Crippen LogP contribution in [0.2, 0.25) is 0 Å². The zero-order valence-electron chi connectivity index (χ0n) is 15.8. The first-order valence-corrected chi connectivity index (χ1v) is 9.78. The van der Waals surface area contributed by atoms with Crippen LogP contribution in [0.1, 0.15) is 13.0 Å². The Hall–Kier alpha value is -3.52. The van der Waals surface area contributed by atoms with Crippen LogP contribution in [-0.4, -0.2) is 28.0 Å². The van der Waals surface area contributed by atoms with E-state index >= 15 is 0 Å². The molecule has 0 aliphatic heterocycles. The fourth-order valence-electron chi connectivity index (χ4n) is 2.89. The van der Waals surface area contributed by atoms with E-state index in [2.05, 4.69) is 15.6 Å². The van der Waals surface area contributed by atoms with Gasteiger partial charge in [-0.25, -0.2) is 0 Å². The number of amides is 1. The minimum atomic E-state index is -0.818. The van der Waals surface area contributed by atoms with E-state index in [1.54, 1.807) is 44.4 Å². The van der Waals surface area contributed by atoms with Crippen LogP contribution in [0.4, 0.5) is 5.69 Å². The van der Waals surface area contributed by atoms with E-state index in [0.29, 0.717) is 21.7 Å². The monoisotopic (exact) mass is 406 g/mol. The number of hydrogen-bond donors (Lipinski definition) is 1. The maximum absolute atomic E-state index is 12.9. The Balaban J connectivity index is 1.61. The number of fused-ring (bicyclic) bond motifs is 1. The first-order chi connectivity index (χ1) is 14.1. The lowest BCUT2D eigenvalue weighted by Crippen LogP contribution is -2.33. The van der Waals surface area contributed by atoms with Gasteiger partial charge in [0.25, 0.3) is 5.56 Å². The molecule has 0 fully saturated rings. The number of thiophene rings is 1. The highest BCUT2D eigenvalue weighted by molar-refractivity contribution is 7.21. The summed E-state index contributed by atoms with van der Waals surface area (Å²) < 4.78 is 6.22. The van der Waals surface area contributed by atoms with E-state index in [-0.39, 0.29) is 11.5 Å². The van der Waals surface area contributed by atoms with E-state index in [1.807, 2.05) is 30.3 Å². The Morgan fingerprint density at radius 1 is 1.14 bits per heavy atom. The Labute approximate surface area is 170 Å². The van der Waals surface area contributed by atoms with Crippen molar-refractivity contribution in [3.8, 4) is 16.2 Å². The molecular formula is C21H18N4O3S. The number of benzene rings is 2. The zero-order chi connectivity index (χ0) is 20.4. The van der Waals surface area contributed by atoms with E-state index in [0.717, 1.165) is 15.1 Å². The molecule has 0 aliphatic rings. The van der Waals surface area contributed by atoms with Gasteiger partial charge in [-0.1, -0.05) is 35.5 Å². The average Bonchev–Trinajstić information content (AvgIpc) is 3.20. The van der Waals surface area contributed by atoms with Gasteiger partial charge in [-0.2, -0.15) is 4.68 Å². The van der Waals surface area contributed by atoms with Crippen molar-refractivity contribution >= 4 is 33.1 Å². The molecule has 0 spiro atoms. The molecular weight excluding hydrogens is 388 g/mol. The maximum atomic E-state index is 12.9. The summed E-state index contributed by atoms with van der Waals surface area (Å²) in [4.78, 5) is 27.0. The van der Waals surface area contributed by atoms with E-state index in [4.69, 9.17) is 4.74 Å². The molecule has 4 rings (SSSR count). The van der Waals surface area contributed by atoms with Gasteiger partial charge in [-0.15, -0.1) is 16.4 Å². The normalized spacial score (nSPS) is 11.9. The summed E-state index contributed by atoms with van der Waals surface area (Å²) in [5.41, 5.74) is 1.27. The summed E-state index contributed by atoms with van der Waals surface area (Å²) in [5.74, 6) is 0.333. The number of carbonyl (C=O) groups excluding carboxylic acids is 1. The van der Waals surface area contributed by atoms with Gasteiger partial charge in [0.1, 0.15) is 11.8 Å². The van der Waals surface area contributed by atoms with Gasteiger partial charge in [-0.05, 0) is 42.8 Å². The molecule has 0 aliphatic carbocycles. The van der Waals surface area contributed by atoms with Crippen molar-refractivity contribution in [1.82, 2.24) is 15.0 Å². The van der Waals surface area contributed by atoms with Crippen LogP contribution in [0.5, 0.6) is 5.75 Å². The molecule has 0 saturated heterocycles. The minimum absolute atomic E-state index is 0.342. The van der Waals surface area contributed by atoms with Crippen molar-refractivity contribution in [1.29, 1.82) is 0 Å². The predicted molar refractivity (Wildman–Crippen MR) is 113 cm³/mol. The summed E-state index contributed by atoms with van der Waals surface area (Å²) in [6.07, 6.45) is 0. The third kappa shape index (κ3) is 3.74. The van der Waals surface area contributed by atoms with Crippen molar-refractivity contribution in [2.45, 2.75) is 13.0 Å². The number of hydrogen-bond acceptors (Lipinski definition) is 6. The van der Waals surface area contributed by atoms with Gasteiger partial charge in [0.05, 0.1) is 12.5 Å². The summed E-state index contributed by atoms with van der Waals surface area (Å²) in [6, 6.07) is 17.7. The average molecular weight is 406 g/mol. The van der Waals surface area contributed by atoms with Gasteiger partial charge in [0.15, 0.2) is 4.83 Å². The molecule has 146 valence electrons. The summed E-state index contributed by atoms with van der Waals surface area (Å²) >= 11 is 1.40. The Morgan fingerprint density at radius 2 is 1.86 bits per heavy atom. The molecule has 0 radical (unpaired) electrons. The standard InChI is InChI=1S/C21H18N4O3S/c1-13(19(26)22-15-8-10-16(28-2)11-9-15)25-21(27)17-12-18(29-20(17)23-24-25)14-6-4-3-5-7-14/h3-13H,1-2H3,(H,22,26). The number of carbonyl (C=O) groups is 1. The van der Waals surface area contributed by atoms with Crippen LogP contribution in [0.3, 0.4) is 0 Å². The molecule has 2 aromatic heterocycles. The quantitative estimate of drug-likeness (QED) is 0.546. The molecule has 1 amide bonds. The topological polar surface area (TPSA) is 86.1 Å². The van der Waals surface area contributed by atoms with Crippen molar-refractivity contribution in [3.63, 3.8) is 0 Å². The first kappa shape index (κ1) is 18.8. The molecule has 0 bridgehead atoms. The summed E-state index contributed by atoms with van der Waals surface area (Å²) in [6.45, 7) is 1.62. The SMILES string of the molecule is COc1ccc(NC(=O)C(C)n2nnc3sc(-c4ccccc4)cc3c2=O)cc1. The van der Waals surface area contributed by atoms with Crippen LogP contribution in [-0.2, 0) is 4.79 Å². The van der Waals surface area contributed by atoms with Crippen molar-refractivity contribution in [2.75, 3.05) is 12.4 Å². The molecule has 4 aromatic rings. The molecule has 1 unspecified atom stereocenters. The predicted octanol–water partition coefficient (Wildman–Crippen LogP) is 3.73. The third-order valence-corrected chi connectivity index (χ3v) is 5.61. The molecule has 0 saturated carbocycles. The van der Waals surface area contributed by atoms with Crippen molar-refractivity contribution in [2.24, 2.45) is 0 Å². The Morgan fingerprint density at radius 3 is 2.55 bits per heavy atom. The van der Waals surface area contributed by atoms with E-state index in [9.17, 15) is 9.59 Å². The second kappa shape index (κ2) is 7.84. The summed E-state index contributed by atoms with van der Waals surface area (Å²) in [5, 5.41) is 11.4. The van der Waals surface area contributed by atoms with Gasteiger partial charge in [-0.3, -0.25) is 9.59 Å². The molecule has 2 heterocycles. The number of rotatable bonds is 5. The van der Waals surface area contributed by atoms with E-state index in [1.165, 1.54) is 11.3 Å². The number of methoxy groups -OCH3 is 1. The number of aromatic nitrogens is 3. The minimum Gasteiger partial charge on any atom is -0.497 e. The lowest BCUT2D eigenvalue weighted by Gasteiger charge is -2.13. The number of nitrogens with one attached hydrogen (secondary N) is 1. The largest absolute Gasteiger partial charge is 0.497 e. The van der Waals surface area contributed by atoms with E-state index < -0.39 is 6.04 Å². The zero-order valence-corrected chi connectivity index (χ0v) is 16.6. The molecule has 7 nitrogen and oxygen atoms in total. The van der Waals surface area contributed by atoms with Crippen LogP contribution in [0.25, 0.3) is 20.7 Å². The molecule has 29 heavy (non-hydrogen) atoms. The lowest BCUT2D eigenvalue weighted by molar-refractivity contribution is -0.119. The molecule has 2 aromatic carbocycles. The highest BCUT2D eigenvalue weighted by atomic mass is 32.1. The Kier molecular flexibility index (Phi) is 5.09. The highest BCUT2D eigenvalue weighted by Crippen LogP contribution is 2.30. The number of ether oxygens (including phenoxy) is 1. The van der Waals surface area contributed by atoms with Gasteiger partial charge in [0, 0.05) is 10.6 Å².